The van der Waals surface area contributed by atoms with E-state index in [4.69, 9.17) is 0 Å². The minimum atomic E-state index is -0.930. The van der Waals surface area contributed by atoms with E-state index in [0.717, 1.165) is 32.1 Å². The van der Waals surface area contributed by atoms with Crippen LogP contribution in [0.4, 0.5) is 0 Å². The summed E-state index contributed by atoms with van der Waals surface area (Å²) < 4.78 is 0. The third-order valence-corrected chi connectivity index (χ3v) is 14.7. The lowest BCUT2D eigenvalue weighted by molar-refractivity contribution is -0.124. The minimum absolute atomic E-state index is 0.0156. The minimum Gasteiger partial charge on any atom is -0.394 e. The fraction of sp³-hybridized carbons (Fsp3) is 0.891. The van der Waals surface area contributed by atoms with Crippen molar-refractivity contribution >= 4 is 5.91 Å². The Hall–Kier alpha value is -1.43. The summed E-state index contributed by atoms with van der Waals surface area (Å²) in [6.07, 6.45) is 77.9. The summed E-state index contributed by atoms with van der Waals surface area (Å²) in [5, 5.41) is 33.5. The number of hydrogen-bond acceptors (Lipinski definition) is 4. The molecule has 0 aromatic carbocycles. The highest BCUT2D eigenvalue weighted by Crippen LogP contribution is 2.18. The molecule has 1 amide bonds. The zero-order valence-corrected chi connectivity index (χ0v) is 46.7. The van der Waals surface area contributed by atoms with E-state index in [1.807, 2.05) is 6.08 Å². The molecule has 0 saturated carbocycles. The van der Waals surface area contributed by atoms with Crippen molar-refractivity contribution in [3.05, 3.63) is 36.5 Å². The average Bonchev–Trinajstić information content (AvgIpc) is 3.35. The second-order valence-electron chi connectivity index (χ2n) is 21.7. The SMILES string of the molecule is CCCCCCCCCCCCC/C=C\C/C=C\CCCCCCCCCCCCCCCCCC(O)CC(=O)NC(CO)C(O)/C=C/CCCCCCCCCCCCCCCCCCCCC. The van der Waals surface area contributed by atoms with Crippen molar-refractivity contribution in [3.8, 4) is 0 Å². The molecule has 0 aliphatic rings. The topological polar surface area (TPSA) is 89.8 Å². The van der Waals surface area contributed by atoms with Crippen molar-refractivity contribution < 1.29 is 20.1 Å². The van der Waals surface area contributed by atoms with Gasteiger partial charge in [0.2, 0.25) is 5.91 Å². The Morgan fingerprint density at radius 1 is 0.377 bits per heavy atom. The number of amides is 1. The summed E-state index contributed by atoms with van der Waals surface area (Å²) in [5.41, 5.74) is 0. The van der Waals surface area contributed by atoms with Crippen molar-refractivity contribution in [2.75, 3.05) is 6.61 Å². The molecule has 4 N–H and O–H groups in total. The van der Waals surface area contributed by atoms with Gasteiger partial charge in [-0.3, -0.25) is 4.79 Å². The molecule has 69 heavy (non-hydrogen) atoms. The summed E-state index contributed by atoms with van der Waals surface area (Å²) >= 11 is 0. The maximum atomic E-state index is 12.5. The maximum absolute atomic E-state index is 12.5. The van der Waals surface area contributed by atoms with Crippen LogP contribution in [0.2, 0.25) is 0 Å². The van der Waals surface area contributed by atoms with E-state index in [0.29, 0.717) is 6.42 Å². The standard InChI is InChI=1S/C64H123NO4/c1-3-5-7-9-11-13-15-17-19-21-23-25-26-27-28-29-30-31-32-33-34-35-36-38-39-41-43-45-47-49-51-53-55-57-61(67)59-64(69)65-62(60-66)63(68)58-56-54-52-50-48-46-44-42-40-37-24-22-20-18-16-14-12-10-8-6-4-2/h26-27,29-30,56,58,61-63,66-68H,3-25,28,31-55,57,59-60H2,1-2H3,(H,65,69)/b27-26-,30-29-,58-56+. The largest absolute Gasteiger partial charge is 0.394 e. The third-order valence-electron chi connectivity index (χ3n) is 14.7. The van der Waals surface area contributed by atoms with E-state index in [1.54, 1.807) is 6.08 Å². The average molecular weight is 971 g/mol. The predicted molar refractivity (Wildman–Crippen MR) is 305 cm³/mol. The summed E-state index contributed by atoms with van der Waals surface area (Å²) in [6, 6.07) is -0.745. The highest BCUT2D eigenvalue weighted by molar-refractivity contribution is 5.76. The molecule has 0 fully saturated rings. The first-order chi connectivity index (χ1) is 34.0. The first kappa shape index (κ1) is 67.6. The van der Waals surface area contributed by atoms with Gasteiger partial charge in [-0.25, -0.2) is 0 Å². The smallest absolute Gasteiger partial charge is 0.222 e. The fourth-order valence-corrected chi connectivity index (χ4v) is 9.90. The number of rotatable bonds is 58. The molecule has 0 aromatic heterocycles. The molecule has 3 unspecified atom stereocenters. The van der Waals surface area contributed by atoms with Gasteiger partial charge in [0.15, 0.2) is 0 Å². The molecule has 0 bridgehead atoms. The second-order valence-corrected chi connectivity index (χ2v) is 21.7. The van der Waals surface area contributed by atoms with Crippen LogP contribution in [0.5, 0.6) is 0 Å². The molecule has 0 aromatic rings. The molecule has 0 saturated heterocycles. The van der Waals surface area contributed by atoms with Crippen LogP contribution in [0, 0.1) is 0 Å². The van der Waals surface area contributed by atoms with Gasteiger partial charge in [-0.05, 0) is 51.4 Å². The lowest BCUT2D eigenvalue weighted by atomic mass is 10.0. The number of carbonyl (C=O) groups excluding carboxylic acids is 1. The van der Waals surface area contributed by atoms with Gasteiger partial charge in [0.1, 0.15) is 0 Å². The van der Waals surface area contributed by atoms with E-state index in [9.17, 15) is 20.1 Å². The Balaban J connectivity index is 3.52. The quantitative estimate of drug-likeness (QED) is 0.0361. The monoisotopic (exact) mass is 970 g/mol. The van der Waals surface area contributed by atoms with Crippen LogP contribution < -0.4 is 5.32 Å². The molecule has 408 valence electrons. The van der Waals surface area contributed by atoms with Crippen LogP contribution in [0.3, 0.4) is 0 Å². The Morgan fingerprint density at radius 3 is 0.957 bits per heavy atom. The van der Waals surface area contributed by atoms with E-state index in [1.165, 1.54) is 283 Å². The lowest BCUT2D eigenvalue weighted by Crippen LogP contribution is -2.45. The zero-order chi connectivity index (χ0) is 50.0. The normalized spacial score (nSPS) is 13.4. The van der Waals surface area contributed by atoms with E-state index >= 15 is 0 Å². The summed E-state index contributed by atoms with van der Waals surface area (Å²) in [5.74, 6) is -0.310. The highest BCUT2D eigenvalue weighted by Gasteiger charge is 2.20. The van der Waals surface area contributed by atoms with E-state index in [2.05, 4.69) is 43.5 Å². The molecule has 5 heteroatoms. The van der Waals surface area contributed by atoms with Crippen LogP contribution in [-0.4, -0.2) is 46.1 Å². The molecular formula is C64H123NO4. The van der Waals surface area contributed by atoms with Gasteiger partial charge in [0, 0.05) is 0 Å². The number of carbonyl (C=O) groups is 1. The van der Waals surface area contributed by atoms with Gasteiger partial charge >= 0.3 is 0 Å². The fourth-order valence-electron chi connectivity index (χ4n) is 9.90. The van der Waals surface area contributed by atoms with Crippen LogP contribution in [0.25, 0.3) is 0 Å². The number of aliphatic hydroxyl groups is 3. The third kappa shape index (κ3) is 55.7. The number of unbranched alkanes of at least 4 members (excludes halogenated alkanes) is 45. The second kappa shape index (κ2) is 59.1. The van der Waals surface area contributed by atoms with Crippen molar-refractivity contribution in [3.63, 3.8) is 0 Å². The number of aliphatic hydroxyl groups excluding tert-OH is 3. The molecule has 5 nitrogen and oxygen atoms in total. The van der Waals surface area contributed by atoms with E-state index < -0.39 is 18.2 Å². The molecule has 0 spiro atoms. The van der Waals surface area contributed by atoms with Crippen LogP contribution in [-0.2, 0) is 4.79 Å². The van der Waals surface area contributed by atoms with Gasteiger partial charge in [-0.2, -0.15) is 0 Å². The van der Waals surface area contributed by atoms with Gasteiger partial charge in [-0.1, -0.05) is 320 Å². The molecule has 0 rings (SSSR count). The van der Waals surface area contributed by atoms with Gasteiger partial charge in [-0.15, -0.1) is 0 Å². The first-order valence-corrected chi connectivity index (χ1v) is 31.3. The van der Waals surface area contributed by atoms with Crippen molar-refractivity contribution in [1.29, 1.82) is 0 Å². The number of allylic oxidation sites excluding steroid dienone is 5. The summed E-state index contributed by atoms with van der Waals surface area (Å²) in [7, 11) is 0. The molecule has 3 atom stereocenters. The summed E-state index contributed by atoms with van der Waals surface area (Å²) in [6.45, 7) is 4.25. The summed E-state index contributed by atoms with van der Waals surface area (Å²) in [4.78, 5) is 12.5. The van der Waals surface area contributed by atoms with Gasteiger partial charge in [0.25, 0.3) is 0 Å². The molecule has 0 radical (unpaired) electrons. The number of hydrogen-bond donors (Lipinski definition) is 4. The molecular weight excluding hydrogens is 847 g/mol. The van der Waals surface area contributed by atoms with E-state index in [-0.39, 0.29) is 18.9 Å². The number of nitrogens with one attached hydrogen (secondary N) is 1. The maximum Gasteiger partial charge on any atom is 0.222 e. The Morgan fingerprint density at radius 2 is 0.652 bits per heavy atom. The van der Waals surface area contributed by atoms with Crippen molar-refractivity contribution in [1.82, 2.24) is 5.32 Å². The molecule has 0 aliphatic heterocycles. The Bertz CT molecular complexity index is 1070. The molecule has 0 heterocycles. The Kier molecular flexibility index (Phi) is 57.9. The van der Waals surface area contributed by atoms with Crippen molar-refractivity contribution in [2.45, 2.75) is 360 Å². The van der Waals surface area contributed by atoms with Crippen LogP contribution in [0.15, 0.2) is 36.5 Å². The van der Waals surface area contributed by atoms with Crippen molar-refractivity contribution in [2.24, 2.45) is 0 Å². The molecule has 0 aliphatic carbocycles. The Labute approximate surface area is 432 Å². The predicted octanol–water partition coefficient (Wildman–Crippen LogP) is 19.8. The zero-order valence-electron chi connectivity index (χ0n) is 46.7. The first-order valence-electron chi connectivity index (χ1n) is 31.3. The van der Waals surface area contributed by atoms with Crippen LogP contribution in [0.1, 0.15) is 341 Å². The van der Waals surface area contributed by atoms with Crippen LogP contribution >= 0.6 is 0 Å². The highest BCUT2D eigenvalue weighted by atomic mass is 16.3. The lowest BCUT2D eigenvalue weighted by Gasteiger charge is -2.21. The van der Waals surface area contributed by atoms with Gasteiger partial charge in [0.05, 0.1) is 31.3 Å². The van der Waals surface area contributed by atoms with Gasteiger partial charge < -0.3 is 20.6 Å².